The maximum absolute atomic E-state index is 12.5. The molecule has 0 saturated heterocycles. The molecule has 0 fully saturated rings. The standard InChI is InChI=1S/C16H18F3N5OS.HI/c1-20-15(23-9-14-24-12(10-26-14)16(17,18)19)22-8-13(25)21-7-11-5-3-2-4-6-11;/h2-6,10H,7-9H2,1H3,(H,21,25)(H2,20,22,23);1H. The van der Waals surface area contributed by atoms with Crippen molar-refractivity contribution in [3.05, 3.63) is 52.0 Å². The van der Waals surface area contributed by atoms with Gasteiger partial charge in [0.05, 0.1) is 13.1 Å². The Hall–Kier alpha value is -1.89. The van der Waals surface area contributed by atoms with Crippen molar-refractivity contribution in [3.8, 4) is 0 Å². The molecule has 3 N–H and O–H groups in total. The van der Waals surface area contributed by atoms with E-state index in [9.17, 15) is 18.0 Å². The van der Waals surface area contributed by atoms with Gasteiger partial charge in [-0.1, -0.05) is 30.3 Å². The van der Waals surface area contributed by atoms with Crippen LogP contribution >= 0.6 is 35.3 Å². The zero-order valence-corrected chi connectivity index (χ0v) is 17.5. The summed E-state index contributed by atoms with van der Waals surface area (Å²) in [6.45, 7) is 0.469. The minimum atomic E-state index is -4.45. The number of guanidine groups is 1. The summed E-state index contributed by atoms with van der Waals surface area (Å²) >= 11 is 0.903. The van der Waals surface area contributed by atoms with Crippen LogP contribution in [0.5, 0.6) is 0 Å². The fourth-order valence-corrected chi connectivity index (χ4v) is 2.67. The molecular formula is C16H19F3IN5OS. The van der Waals surface area contributed by atoms with Crippen LogP contribution in [0.1, 0.15) is 16.3 Å². The number of benzene rings is 1. The molecule has 148 valence electrons. The Kier molecular flexibility index (Phi) is 9.49. The number of amides is 1. The minimum Gasteiger partial charge on any atom is -0.350 e. The van der Waals surface area contributed by atoms with Crippen LogP contribution in [0.3, 0.4) is 0 Å². The van der Waals surface area contributed by atoms with E-state index < -0.39 is 11.9 Å². The van der Waals surface area contributed by atoms with Gasteiger partial charge in [0, 0.05) is 19.0 Å². The number of aromatic nitrogens is 1. The SMILES string of the molecule is CN=C(NCC(=O)NCc1ccccc1)NCc1nc(C(F)(F)F)cs1.I. The molecule has 0 aliphatic carbocycles. The molecule has 6 nitrogen and oxygen atoms in total. The molecule has 0 saturated carbocycles. The number of hydrogen-bond acceptors (Lipinski definition) is 4. The van der Waals surface area contributed by atoms with Crippen LogP contribution in [0, 0.1) is 0 Å². The number of nitrogens with one attached hydrogen (secondary N) is 3. The highest BCUT2D eigenvalue weighted by atomic mass is 127. The molecule has 2 aromatic rings. The Morgan fingerprint density at radius 3 is 2.44 bits per heavy atom. The first-order valence-electron chi connectivity index (χ1n) is 7.65. The largest absolute Gasteiger partial charge is 0.434 e. The van der Waals surface area contributed by atoms with Gasteiger partial charge in [-0.05, 0) is 5.56 Å². The summed E-state index contributed by atoms with van der Waals surface area (Å²) in [7, 11) is 1.50. The zero-order chi connectivity index (χ0) is 19.0. The van der Waals surface area contributed by atoms with Gasteiger partial charge in [0.25, 0.3) is 0 Å². The first-order valence-corrected chi connectivity index (χ1v) is 8.53. The van der Waals surface area contributed by atoms with E-state index in [4.69, 9.17) is 0 Å². The normalized spacial score (nSPS) is 11.5. The molecule has 2 rings (SSSR count). The highest BCUT2D eigenvalue weighted by Crippen LogP contribution is 2.29. The topological polar surface area (TPSA) is 78.4 Å². The average molecular weight is 513 g/mol. The van der Waals surface area contributed by atoms with Crippen LogP contribution in [0.25, 0.3) is 0 Å². The predicted molar refractivity (Wildman–Crippen MR) is 109 cm³/mol. The van der Waals surface area contributed by atoms with Gasteiger partial charge >= 0.3 is 6.18 Å². The van der Waals surface area contributed by atoms with Gasteiger partial charge < -0.3 is 16.0 Å². The van der Waals surface area contributed by atoms with E-state index in [1.807, 2.05) is 30.3 Å². The van der Waals surface area contributed by atoms with Gasteiger partial charge in [-0.15, -0.1) is 35.3 Å². The highest BCUT2D eigenvalue weighted by molar-refractivity contribution is 14.0. The number of thiazole rings is 1. The number of rotatable bonds is 6. The molecule has 1 heterocycles. The summed E-state index contributed by atoms with van der Waals surface area (Å²) in [5, 5.41) is 9.60. The number of halogens is 4. The van der Waals surface area contributed by atoms with Crippen molar-refractivity contribution in [2.24, 2.45) is 4.99 Å². The van der Waals surface area contributed by atoms with Crippen molar-refractivity contribution in [1.82, 2.24) is 20.9 Å². The lowest BCUT2D eigenvalue weighted by atomic mass is 10.2. The molecular weight excluding hydrogens is 494 g/mol. The van der Waals surface area contributed by atoms with E-state index in [1.165, 1.54) is 7.05 Å². The summed E-state index contributed by atoms with van der Waals surface area (Å²) in [5.41, 5.74) is 0.0649. The van der Waals surface area contributed by atoms with E-state index in [2.05, 4.69) is 25.9 Å². The van der Waals surface area contributed by atoms with E-state index in [-0.39, 0.29) is 48.0 Å². The molecule has 0 bridgehead atoms. The monoisotopic (exact) mass is 513 g/mol. The molecule has 0 unspecified atom stereocenters. The lowest BCUT2D eigenvalue weighted by molar-refractivity contribution is -0.140. The summed E-state index contributed by atoms with van der Waals surface area (Å²) in [4.78, 5) is 19.3. The Bertz CT molecular complexity index is 752. The maximum Gasteiger partial charge on any atom is 0.434 e. The molecule has 0 spiro atoms. The Labute approximate surface area is 175 Å². The van der Waals surface area contributed by atoms with Crippen LogP contribution in [-0.4, -0.2) is 30.4 Å². The van der Waals surface area contributed by atoms with Crippen molar-refractivity contribution in [2.45, 2.75) is 19.3 Å². The van der Waals surface area contributed by atoms with E-state index in [0.717, 1.165) is 22.3 Å². The van der Waals surface area contributed by atoms with Crippen LogP contribution in [-0.2, 0) is 24.1 Å². The van der Waals surface area contributed by atoms with Crippen LogP contribution in [0.15, 0.2) is 40.7 Å². The van der Waals surface area contributed by atoms with Gasteiger partial charge in [0.2, 0.25) is 5.91 Å². The second kappa shape index (κ2) is 11.1. The van der Waals surface area contributed by atoms with Gasteiger partial charge in [-0.2, -0.15) is 13.2 Å². The molecule has 1 aromatic carbocycles. The summed E-state index contributed by atoms with van der Waals surface area (Å²) in [6, 6.07) is 9.46. The number of alkyl halides is 3. The van der Waals surface area contributed by atoms with Crippen LogP contribution in [0.2, 0.25) is 0 Å². The highest BCUT2D eigenvalue weighted by Gasteiger charge is 2.33. The minimum absolute atomic E-state index is 0. The lowest BCUT2D eigenvalue weighted by Gasteiger charge is -2.11. The van der Waals surface area contributed by atoms with Gasteiger partial charge in [0.1, 0.15) is 5.01 Å². The second-order valence-corrected chi connectivity index (χ2v) is 6.11. The van der Waals surface area contributed by atoms with E-state index in [0.29, 0.717) is 12.5 Å². The average Bonchev–Trinajstić information content (AvgIpc) is 3.10. The molecule has 11 heteroatoms. The third kappa shape index (κ3) is 8.12. The maximum atomic E-state index is 12.5. The van der Waals surface area contributed by atoms with Crippen molar-refractivity contribution in [3.63, 3.8) is 0 Å². The number of carbonyl (C=O) groups is 1. The van der Waals surface area contributed by atoms with Crippen molar-refractivity contribution < 1.29 is 18.0 Å². The Morgan fingerprint density at radius 2 is 1.85 bits per heavy atom. The zero-order valence-electron chi connectivity index (χ0n) is 14.3. The number of aliphatic imine (C=N–C) groups is 1. The first-order chi connectivity index (χ1) is 12.4. The molecule has 0 atom stereocenters. The molecule has 27 heavy (non-hydrogen) atoms. The fraction of sp³-hybridized carbons (Fsp3) is 0.312. The third-order valence-electron chi connectivity index (χ3n) is 3.22. The van der Waals surface area contributed by atoms with E-state index in [1.54, 1.807) is 0 Å². The molecule has 0 aliphatic heterocycles. The summed E-state index contributed by atoms with van der Waals surface area (Å²) < 4.78 is 37.5. The molecule has 1 aromatic heterocycles. The number of nitrogens with zero attached hydrogens (tertiary/aromatic N) is 2. The van der Waals surface area contributed by atoms with Gasteiger partial charge in [-0.25, -0.2) is 4.98 Å². The Balaban J connectivity index is 0.00000364. The fourth-order valence-electron chi connectivity index (χ4n) is 1.93. The summed E-state index contributed by atoms with van der Waals surface area (Å²) in [6.07, 6.45) is -4.45. The van der Waals surface area contributed by atoms with Crippen molar-refractivity contribution in [2.75, 3.05) is 13.6 Å². The quantitative estimate of drug-likeness (QED) is 0.316. The van der Waals surface area contributed by atoms with Crippen molar-refractivity contribution >= 4 is 47.2 Å². The Morgan fingerprint density at radius 1 is 1.15 bits per heavy atom. The van der Waals surface area contributed by atoms with Crippen LogP contribution < -0.4 is 16.0 Å². The van der Waals surface area contributed by atoms with Gasteiger partial charge in [0.15, 0.2) is 11.7 Å². The summed E-state index contributed by atoms with van der Waals surface area (Å²) in [5.74, 6) is 0.0639. The van der Waals surface area contributed by atoms with E-state index >= 15 is 0 Å². The molecule has 0 radical (unpaired) electrons. The molecule has 0 aliphatic rings. The van der Waals surface area contributed by atoms with Crippen LogP contribution in [0.4, 0.5) is 13.2 Å². The number of carbonyl (C=O) groups excluding carboxylic acids is 1. The predicted octanol–water partition coefficient (Wildman–Crippen LogP) is 2.76. The third-order valence-corrected chi connectivity index (χ3v) is 4.07. The first kappa shape index (κ1) is 23.1. The number of hydrogen-bond donors (Lipinski definition) is 3. The lowest BCUT2D eigenvalue weighted by Crippen LogP contribution is -2.42. The van der Waals surface area contributed by atoms with Gasteiger partial charge in [-0.3, -0.25) is 9.79 Å². The van der Waals surface area contributed by atoms with Crippen molar-refractivity contribution in [1.29, 1.82) is 0 Å². The second-order valence-electron chi connectivity index (χ2n) is 5.17. The smallest absolute Gasteiger partial charge is 0.350 e. The molecule has 1 amide bonds.